The van der Waals surface area contributed by atoms with Crippen molar-refractivity contribution in [3.05, 3.63) is 46.8 Å². The number of nitrogens with two attached hydrogens (primary N) is 1. The Bertz CT molecular complexity index is 771. The molecular weight excluding hydrogens is 351 g/mol. The van der Waals surface area contributed by atoms with Crippen molar-refractivity contribution in [1.29, 1.82) is 5.41 Å². The molecule has 0 atom stereocenters. The SMILES string of the molecule is CCc1cn(N=C2CCc3c(C(=N)NO)cccc32)c(N)n1.Cl.Cl. The van der Waals surface area contributed by atoms with E-state index in [-0.39, 0.29) is 30.6 Å². The van der Waals surface area contributed by atoms with Gasteiger partial charge < -0.3 is 5.73 Å². The molecule has 0 amide bonds. The van der Waals surface area contributed by atoms with Crippen LogP contribution in [-0.4, -0.2) is 26.4 Å². The standard InChI is InChI=1S/C15H18N6O.2ClH/c1-2-9-8-21(15(17)18-9)19-13-7-6-10-11(13)4-3-5-12(10)14(16)20-22;;/h3-5,8,22H,2,6-7H2,1H3,(H2,16,20)(H2,17,18);2*1H. The maximum Gasteiger partial charge on any atom is 0.221 e. The molecule has 1 heterocycles. The number of nitrogen functional groups attached to an aromatic ring is 1. The summed E-state index contributed by atoms with van der Waals surface area (Å²) in [4.78, 5) is 4.24. The third kappa shape index (κ3) is 3.53. The van der Waals surface area contributed by atoms with Crippen molar-refractivity contribution < 1.29 is 5.21 Å². The van der Waals surface area contributed by atoms with Gasteiger partial charge in [0.15, 0.2) is 0 Å². The lowest BCUT2D eigenvalue weighted by Gasteiger charge is -2.08. The number of hydroxylamine groups is 1. The van der Waals surface area contributed by atoms with Crippen LogP contribution in [0.5, 0.6) is 0 Å². The fourth-order valence-electron chi connectivity index (χ4n) is 2.72. The Morgan fingerprint density at radius 1 is 1.42 bits per heavy atom. The van der Waals surface area contributed by atoms with Gasteiger partial charge in [0, 0.05) is 11.1 Å². The number of anilines is 1. The molecule has 0 saturated heterocycles. The van der Waals surface area contributed by atoms with Crippen LogP contribution >= 0.6 is 24.8 Å². The molecule has 3 rings (SSSR count). The Kier molecular flexibility index (Phi) is 6.77. The molecule has 0 aliphatic heterocycles. The van der Waals surface area contributed by atoms with Gasteiger partial charge in [-0.15, -0.1) is 24.8 Å². The number of amidine groups is 1. The third-order valence-corrected chi connectivity index (χ3v) is 3.83. The quantitative estimate of drug-likeness (QED) is 0.377. The number of hydrogen-bond donors (Lipinski definition) is 4. The second-order valence-electron chi connectivity index (χ2n) is 5.15. The maximum atomic E-state index is 8.95. The summed E-state index contributed by atoms with van der Waals surface area (Å²) in [5, 5.41) is 21.3. The van der Waals surface area contributed by atoms with E-state index in [1.807, 2.05) is 36.8 Å². The number of nitrogens with zero attached hydrogens (tertiary/aromatic N) is 3. The summed E-state index contributed by atoms with van der Waals surface area (Å²) < 4.78 is 1.60. The van der Waals surface area contributed by atoms with E-state index in [1.165, 1.54) is 0 Å². The van der Waals surface area contributed by atoms with Crippen molar-refractivity contribution in [2.75, 3.05) is 5.73 Å². The number of nitrogens with one attached hydrogen (secondary N) is 2. The van der Waals surface area contributed by atoms with Crippen molar-refractivity contribution in [1.82, 2.24) is 15.1 Å². The van der Waals surface area contributed by atoms with Gasteiger partial charge in [-0.3, -0.25) is 16.1 Å². The molecule has 130 valence electrons. The van der Waals surface area contributed by atoms with E-state index in [0.29, 0.717) is 11.5 Å². The van der Waals surface area contributed by atoms with Crippen LogP contribution in [0.4, 0.5) is 5.95 Å². The van der Waals surface area contributed by atoms with Crippen molar-refractivity contribution >= 4 is 42.3 Å². The van der Waals surface area contributed by atoms with Gasteiger partial charge in [0.25, 0.3) is 0 Å². The highest BCUT2D eigenvalue weighted by atomic mass is 35.5. The molecule has 0 radical (unpaired) electrons. The topological polar surface area (TPSA) is 112 Å². The van der Waals surface area contributed by atoms with E-state index >= 15 is 0 Å². The second-order valence-corrected chi connectivity index (χ2v) is 5.15. The fourth-order valence-corrected chi connectivity index (χ4v) is 2.72. The minimum absolute atomic E-state index is 0. The normalized spacial score (nSPS) is 13.8. The van der Waals surface area contributed by atoms with Crippen molar-refractivity contribution in [3.63, 3.8) is 0 Å². The molecule has 2 aromatic rings. The molecule has 0 unspecified atom stereocenters. The molecule has 24 heavy (non-hydrogen) atoms. The minimum atomic E-state index is -0.00601. The lowest BCUT2D eigenvalue weighted by molar-refractivity contribution is 0.234. The molecule has 0 bridgehead atoms. The number of benzene rings is 1. The van der Waals surface area contributed by atoms with Gasteiger partial charge in [-0.2, -0.15) is 5.10 Å². The first-order chi connectivity index (χ1) is 10.6. The Morgan fingerprint density at radius 3 is 2.79 bits per heavy atom. The summed E-state index contributed by atoms with van der Waals surface area (Å²) in [7, 11) is 0. The van der Waals surface area contributed by atoms with Gasteiger partial charge in [0.05, 0.1) is 17.6 Å². The predicted octanol–water partition coefficient (Wildman–Crippen LogP) is 2.37. The van der Waals surface area contributed by atoms with E-state index in [4.69, 9.17) is 16.4 Å². The van der Waals surface area contributed by atoms with Crippen LogP contribution in [0.2, 0.25) is 0 Å². The largest absolute Gasteiger partial charge is 0.368 e. The highest BCUT2D eigenvalue weighted by Gasteiger charge is 2.22. The lowest BCUT2D eigenvalue weighted by atomic mass is 10.0. The number of hydrogen-bond acceptors (Lipinski definition) is 5. The first-order valence-electron chi connectivity index (χ1n) is 7.17. The first-order valence-corrected chi connectivity index (χ1v) is 7.17. The van der Waals surface area contributed by atoms with E-state index in [1.54, 1.807) is 4.68 Å². The Hall–Kier alpha value is -2.09. The monoisotopic (exact) mass is 370 g/mol. The van der Waals surface area contributed by atoms with Crippen LogP contribution in [0, 0.1) is 5.41 Å². The summed E-state index contributed by atoms with van der Waals surface area (Å²) in [5.74, 6) is 0.368. The number of aromatic nitrogens is 2. The summed E-state index contributed by atoms with van der Waals surface area (Å²) in [6.45, 7) is 2.02. The summed E-state index contributed by atoms with van der Waals surface area (Å²) in [6, 6.07) is 5.65. The van der Waals surface area contributed by atoms with Crippen LogP contribution in [0.15, 0.2) is 29.5 Å². The molecule has 9 heteroatoms. The molecule has 1 aliphatic rings. The minimum Gasteiger partial charge on any atom is -0.368 e. The first kappa shape index (κ1) is 20.0. The van der Waals surface area contributed by atoms with E-state index in [2.05, 4.69) is 10.1 Å². The van der Waals surface area contributed by atoms with Crippen LogP contribution in [0.3, 0.4) is 0 Å². The summed E-state index contributed by atoms with van der Waals surface area (Å²) >= 11 is 0. The van der Waals surface area contributed by atoms with Gasteiger partial charge in [-0.05, 0) is 24.8 Å². The zero-order valence-electron chi connectivity index (χ0n) is 13.1. The molecule has 1 aromatic heterocycles. The maximum absolute atomic E-state index is 8.95. The highest BCUT2D eigenvalue weighted by molar-refractivity contribution is 6.08. The van der Waals surface area contributed by atoms with Gasteiger partial charge in [-0.1, -0.05) is 25.1 Å². The number of rotatable bonds is 3. The Labute approximate surface area is 152 Å². The zero-order chi connectivity index (χ0) is 15.7. The Balaban J connectivity index is 0.00000144. The van der Waals surface area contributed by atoms with Gasteiger partial charge >= 0.3 is 0 Å². The summed E-state index contributed by atoms with van der Waals surface area (Å²) in [5.41, 5.74) is 12.3. The average molecular weight is 371 g/mol. The van der Waals surface area contributed by atoms with Crippen LogP contribution in [0.25, 0.3) is 0 Å². The van der Waals surface area contributed by atoms with E-state index in [9.17, 15) is 0 Å². The molecular formula is C15H20Cl2N6O. The molecule has 0 fully saturated rings. The van der Waals surface area contributed by atoms with Crippen molar-refractivity contribution in [2.24, 2.45) is 5.10 Å². The molecule has 0 spiro atoms. The van der Waals surface area contributed by atoms with Gasteiger partial charge in [0.2, 0.25) is 5.95 Å². The van der Waals surface area contributed by atoms with Crippen LogP contribution < -0.4 is 11.2 Å². The zero-order valence-corrected chi connectivity index (χ0v) is 14.7. The number of aryl methyl sites for hydroxylation is 1. The molecule has 7 nitrogen and oxygen atoms in total. The number of halogens is 2. The van der Waals surface area contributed by atoms with Crippen LogP contribution in [-0.2, 0) is 12.8 Å². The fraction of sp³-hybridized carbons (Fsp3) is 0.267. The third-order valence-electron chi connectivity index (χ3n) is 3.83. The summed E-state index contributed by atoms with van der Waals surface area (Å²) in [6.07, 6.45) is 4.19. The van der Waals surface area contributed by atoms with Crippen molar-refractivity contribution in [2.45, 2.75) is 26.2 Å². The predicted molar refractivity (Wildman–Crippen MR) is 99.0 cm³/mol. The highest BCUT2D eigenvalue weighted by Crippen LogP contribution is 2.26. The number of imidazole rings is 1. The van der Waals surface area contributed by atoms with Crippen molar-refractivity contribution in [3.8, 4) is 0 Å². The number of fused-ring (bicyclic) bond motifs is 1. The van der Waals surface area contributed by atoms with E-state index < -0.39 is 0 Å². The Morgan fingerprint density at radius 2 is 2.17 bits per heavy atom. The lowest BCUT2D eigenvalue weighted by Crippen LogP contribution is -2.20. The second kappa shape index (κ2) is 8.14. The molecule has 5 N–H and O–H groups in total. The van der Waals surface area contributed by atoms with E-state index in [0.717, 1.165) is 41.8 Å². The van der Waals surface area contributed by atoms with Crippen LogP contribution in [0.1, 0.15) is 35.7 Å². The smallest absolute Gasteiger partial charge is 0.221 e. The molecule has 1 aliphatic carbocycles. The average Bonchev–Trinajstić information content (AvgIpc) is 3.11. The molecule has 1 aromatic carbocycles. The van der Waals surface area contributed by atoms with Gasteiger partial charge in [0.1, 0.15) is 5.84 Å². The molecule has 0 saturated carbocycles. The van der Waals surface area contributed by atoms with Gasteiger partial charge in [-0.25, -0.2) is 9.66 Å².